The number of esters is 2. The van der Waals surface area contributed by atoms with E-state index in [1.54, 1.807) is 0 Å². The Morgan fingerprint density at radius 1 is 0.672 bits per heavy atom. The third-order valence-electron chi connectivity index (χ3n) is 16.4. The van der Waals surface area contributed by atoms with Crippen LogP contribution >= 0.6 is 24.4 Å². The van der Waals surface area contributed by atoms with Crippen LogP contribution in [0.5, 0.6) is 0 Å². The summed E-state index contributed by atoms with van der Waals surface area (Å²) in [5.74, 6) is 2.38. The Balaban J connectivity index is 1.46. The minimum absolute atomic E-state index is 0.0334. The molecule has 0 aliphatic heterocycles. The number of unbranched alkanes of at least 4 members (excludes halogenated alkanes) is 10. The third kappa shape index (κ3) is 15.7. The highest BCUT2D eigenvalue weighted by atomic mass is 32.1. The molecule has 0 heterocycles. The van der Waals surface area contributed by atoms with Gasteiger partial charge in [0.1, 0.15) is 25.3 Å². The van der Waals surface area contributed by atoms with Crippen LogP contribution in [0, 0.1) is 46.3 Å². The minimum atomic E-state index is -0.261. The van der Waals surface area contributed by atoms with Crippen LogP contribution in [0.4, 0.5) is 0 Å². The highest BCUT2D eigenvalue weighted by Crippen LogP contribution is 2.69. The molecule has 64 heavy (non-hydrogen) atoms. The van der Waals surface area contributed by atoms with Crippen molar-refractivity contribution in [2.24, 2.45) is 46.3 Å². The van der Waals surface area contributed by atoms with Gasteiger partial charge in [-0.15, -0.1) is 0 Å². The molecule has 4 rings (SSSR count). The van der Waals surface area contributed by atoms with E-state index >= 15 is 0 Å². The van der Waals surface area contributed by atoms with E-state index in [0.717, 1.165) is 83.7 Å². The fourth-order valence-electron chi connectivity index (χ4n) is 13.0. The van der Waals surface area contributed by atoms with E-state index in [1.807, 2.05) is 27.7 Å². The van der Waals surface area contributed by atoms with Crippen LogP contribution in [0.1, 0.15) is 204 Å². The van der Waals surface area contributed by atoms with Crippen molar-refractivity contribution in [2.45, 2.75) is 228 Å². The molecule has 0 bridgehead atoms. The second-order valence-corrected chi connectivity index (χ2v) is 22.5. The van der Waals surface area contributed by atoms with Gasteiger partial charge in [-0.05, 0) is 164 Å². The molecule has 368 valence electrons. The molecule has 4 N–H and O–H groups in total. The maximum atomic E-state index is 14.1. The molecule has 4 aliphatic carbocycles. The highest BCUT2D eigenvalue weighted by molar-refractivity contribution is 7.80. The second kappa shape index (κ2) is 27.0. The van der Waals surface area contributed by atoms with Crippen molar-refractivity contribution in [1.29, 1.82) is 0 Å². The molecule has 4 fully saturated rings. The molecule has 10 nitrogen and oxygen atoms in total. The zero-order valence-corrected chi connectivity index (χ0v) is 43.6. The molecule has 4 saturated carbocycles. The summed E-state index contributed by atoms with van der Waals surface area (Å²) in [6.07, 6.45) is 24.1. The summed E-state index contributed by atoms with van der Waals surface area (Å²) in [5, 5.41) is 13.3. The zero-order chi connectivity index (χ0) is 46.9. The lowest BCUT2D eigenvalue weighted by Gasteiger charge is -2.62. The number of ether oxygens (including phenoxy) is 2. The van der Waals surface area contributed by atoms with Crippen LogP contribution in [-0.2, 0) is 23.9 Å². The van der Waals surface area contributed by atoms with Gasteiger partial charge < -0.3 is 35.6 Å². The van der Waals surface area contributed by atoms with Crippen LogP contribution in [0.25, 0.3) is 0 Å². The summed E-state index contributed by atoms with van der Waals surface area (Å²) in [6, 6.07) is 0.353. The van der Waals surface area contributed by atoms with Crippen molar-refractivity contribution < 1.29 is 23.9 Å². The summed E-state index contributed by atoms with van der Waals surface area (Å²) in [5.41, 5.74) is -0.105. The van der Waals surface area contributed by atoms with E-state index in [9.17, 15) is 14.4 Å². The number of carbonyl (C=O) groups is 3. The van der Waals surface area contributed by atoms with Crippen LogP contribution in [-0.4, -0.2) is 83.4 Å². The predicted octanol–water partition coefficient (Wildman–Crippen LogP) is 10.8. The van der Waals surface area contributed by atoms with Gasteiger partial charge in [-0.2, -0.15) is 0 Å². The molecule has 1 amide bonds. The van der Waals surface area contributed by atoms with Gasteiger partial charge in [0.05, 0.1) is 0 Å². The summed E-state index contributed by atoms with van der Waals surface area (Å²) in [6.45, 7) is 21.8. The van der Waals surface area contributed by atoms with Gasteiger partial charge in [-0.1, -0.05) is 98.8 Å². The Bertz CT molecular complexity index is 1470. The van der Waals surface area contributed by atoms with Crippen LogP contribution in [0.3, 0.4) is 0 Å². The van der Waals surface area contributed by atoms with Gasteiger partial charge in [0.25, 0.3) is 0 Å². The molecule has 0 aromatic carbocycles. The van der Waals surface area contributed by atoms with Gasteiger partial charge in [0, 0.05) is 37.0 Å². The SMILES string of the molecule is CCCCCCCCN(CCCCCCCC)C(=O)CC[C@@H](C)[C@H]1CC[C@H]2[C@@H]3CC[C@@H]4C[C@H](OC(=O)CNC(=S)NC(C)C)CC[C@]4(C)[C@H]3C[C@H](OC(=O)CNC(=S)NC(C)C)[C@]12C. The first-order valence-electron chi connectivity index (χ1n) is 26.3. The standard InChI is InChI=1S/C52H93N5O5S2/c1-10-12-14-16-18-20-30-57(31-21-19-17-15-13-11-2)46(58)27-22-38(7)42-25-26-43-41-24-23-39-32-40(61-47(59)34-53-49(63)55-36(3)4)28-29-51(39,8)44(41)33-45(52(42,43)9)62-48(60)35-54-50(64)56-37(5)6/h36-45H,10-35H2,1-9H3,(H2,53,55,63)(H2,54,56,64)/t38-,39-,40-,41+,42-,43+,44+,45+,51+,52-/m1/s1. The average Bonchev–Trinajstić information content (AvgIpc) is 3.61. The van der Waals surface area contributed by atoms with Crippen molar-refractivity contribution in [3.63, 3.8) is 0 Å². The van der Waals surface area contributed by atoms with E-state index in [1.165, 1.54) is 64.2 Å². The number of hydrogen-bond donors (Lipinski definition) is 4. The molecule has 4 aliphatic rings. The van der Waals surface area contributed by atoms with Crippen molar-refractivity contribution in [2.75, 3.05) is 26.2 Å². The quantitative estimate of drug-likeness (QED) is 0.0377. The molecule has 0 spiro atoms. The number of fused-ring (bicyclic) bond motifs is 5. The minimum Gasteiger partial charge on any atom is -0.461 e. The zero-order valence-electron chi connectivity index (χ0n) is 42.0. The highest BCUT2D eigenvalue weighted by Gasteiger charge is 2.65. The molecule has 12 heteroatoms. The third-order valence-corrected chi connectivity index (χ3v) is 16.9. The normalized spacial score (nSPS) is 28.9. The Labute approximate surface area is 401 Å². The maximum Gasteiger partial charge on any atom is 0.325 e. The number of rotatable bonds is 26. The molecule has 0 radical (unpaired) electrons. The second-order valence-electron chi connectivity index (χ2n) is 21.7. The van der Waals surface area contributed by atoms with Gasteiger partial charge in [-0.25, -0.2) is 0 Å². The van der Waals surface area contributed by atoms with E-state index in [-0.39, 0.29) is 60.1 Å². The number of nitrogens with zero attached hydrogens (tertiary/aromatic N) is 1. The van der Waals surface area contributed by atoms with Gasteiger partial charge >= 0.3 is 11.9 Å². The van der Waals surface area contributed by atoms with Crippen molar-refractivity contribution >= 4 is 52.5 Å². The van der Waals surface area contributed by atoms with Gasteiger partial charge in [0.15, 0.2) is 10.2 Å². The first-order valence-corrected chi connectivity index (χ1v) is 27.1. The molecule has 0 unspecified atom stereocenters. The van der Waals surface area contributed by atoms with Crippen LogP contribution in [0.2, 0.25) is 0 Å². The Morgan fingerprint density at radius 3 is 1.78 bits per heavy atom. The first kappa shape index (κ1) is 54.4. The first-order chi connectivity index (χ1) is 30.5. The predicted molar refractivity (Wildman–Crippen MR) is 270 cm³/mol. The number of amides is 1. The van der Waals surface area contributed by atoms with Gasteiger partial charge in [0.2, 0.25) is 5.91 Å². The molecular formula is C52H93N5O5S2. The lowest BCUT2D eigenvalue weighted by atomic mass is 9.43. The van der Waals surface area contributed by atoms with Crippen molar-refractivity contribution in [3.05, 3.63) is 0 Å². The van der Waals surface area contributed by atoms with E-state index in [0.29, 0.717) is 58.1 Å². The number of hydrogen-bond acceptors (Lipinski definition) is 7. The Morgan fingerprint density at radius 2 is 1.22 bits per heavy atom. The Kier molecular flexibility index (Phi) is 22.9. The molecule has 0 aromatic heterocycles. The summed E-state index contributed by atoms with van der Waals surface area (Å²) >= 11 is 10.8. The monoisotopic (exact) mass is 932 g/mol. The van der Waals surface area contributed by atoms with Gasteiger partial charge in [-0.3, -0.25) is 14.4 Å². The maximum absolute atomic E-state index is 14.1. The van der Waals surface area contributed by atoms with E-state index in [2.05, 4.69) is 60.8 Å². The van der Waals surface area contributed by atoms with Crippen LogP contribution < -0.4 is 21.3 Å². The fourth-order valence-corrected chi connectivity index (χ4v) is 13.6. The number of nitrogens with one attached hydrogen (secondary N) is 4. The van der Waals surface area contributed by atoms with E-state index in [4.69, 9.17) is 33.9 Å². The van der Waals surface area contributed by atoms with Crippen molar-refractivity contribution in [3.8, 4) is 0 Å². The number of thiocarbonyl (C=S) groups is 2. The smallest absolute Gasteiger partial charge is 0.325 e. The fraction of sp³-hybridized carbons (Fsp3) is 0.904. The van der Waals surface area contributed by atoms with Crippen molar-refractivity contribution in [1.82, 2.24) is 26.2 Å². The average molecular weight is 932 g/mol. The lowest BCUT2D eigenvalue weighted by molar-refractivity contribution is -0.198. The summed E-state index contributed by atoms with van der Waals surface area (Å²) in [7, 11) is 0. The van der Waals surface area contributed by atoms with E-state index < -0.39 is 0 Å². The molecule has 0 aromatic rings. The molecule has 10 atom stereocenters. The summed E-state index contributed by atoms with van der Waals surface area (Å²) in [4.78, 5) is 43.1. The molecular weight excluding hydrogens is 839 g/mol. The largest absolute Gasteiger partial charge is 0.461 e. The Hall–Kier alpha value is -2.21. The lowest BCUT2D eigenvalue weighted by Crippen LogP contribution is -2.60. The number of carbonyl (C=O) groups excluding carboxylic acids is 3. The topological polar surface area (TPSA) is 121 Å². The summed E-state index contributed by atoms with van der Waals surface area (Å²) < 4.78 is 12.8. The van der Waals surface area contributed by atoms with Crippen LogP contribution in [0.15, 0.2) is 0 Å². The molecule has 0 saturated heterocycles.